The molecule has 0 unspecified atom stereocenters. The van der Waals surface area contributed by atoms with Crippen molar-refractivity contribution in [3.63, 3.8) is 0 Å². The number of ketones is 2. The van der Waals surface area contributed by atoms with Crippen molar-refractivity contribution in [1.29, 1.82) is 0 Å². The summed E-state index contributed by atoms with van der Waals surface area (Å²) in [6.07, 6.45) is 16.4. The van der Waals surface area contributed by atoms with Gasteiger partial charge in [0, 0.05) is 59.5 Å². The Kier molecular flexibility index (Phi) is 13.8. The molecule has 16 nitrogen and oxygen atoms in total. The molecule has 0 fully saturated rings. The molecular weight excluding hydrogens is 859 g/mol. The smallest absolute Gasteiger partial charge is 0.334 e. The summed E-state index contributed by atoms with van der Waals surface area (Å²) >= 11 is 0. The highest BCUT2D eigenvalue weighted by Gasteiger charge is 2.31. The molecule has 0 spiro atoms. The fourth-order valence-electron chi connectivity index (χ4n) is 9.78. The minimum atomic E-state index is -3.99. The topological polar surface area (TPSA) is 210 Å². The van der Waals surface area contributed by atoms with Crippen molar-refractivity contribution >= 4 is 43.3 Å². The molecule has 0 aliphatic heterocycles. The van der Waals surface area contributed by atoms with Crippen LogP contribution in [-0.2, 0) is 131 Å². The Hall–Kier alpha value is -5.84. The minimum Gasteiger partial charge on any atom is -0.334 e. The lowest BCUT2D eigenvalue weighted by Crippen LogP contribution is -2.28. The molecule has 18 heteroatoms. The molecule has 3 aromatic heterocycles. The van der Waals surface area contributed by atoms with Gasteiger partial charge in [0.15, 0.2) is 21.6 Å². The van der Waals surface area contributed by atoms with Gasteiger partial charge in [-0.3, -0.25) is 28.4 Å². The van der Waals surface area contributed by atoms with E-state index in [2.05, 4.69) is 27.4 Å². The number of Topliss-reactive ketones (excluding diaryl/α,β-unsaturated/α-hetero) is 2. The van der Waals surface area contributed by atoms with Gasteiger partial charge >= 0.3 is 6.15 Å². The molecular formula is C46H53N7O9S2. The van der Waals surface area contributed by atoms with Crippen LogP contribution in [0.1, 0.15) is 97.5 Å². The summed E-state index contributed by atoms with van der Waals surface area (Å²) in [6.45, 7) is 0.312. The van der Waals surface area contributed by atoms with Crippen LogP contribution in [0.5, 0.6) is 0 Å². The Labute approximate surface area is 372 Å². The number of aromatic nitrogens is 6. The third-order valence-electron chi connectivity index (χ3n) is 12.7. The Morgan fingerprint density at radius 3 is 1.50 bits per heavy atom. The normalized spacial score (nSPS) is 14.6. The summed E-state index contributed by atoms with van der Waals surface area (Å²) in [7, 11) is -1.04. The average Bonchev–Trinajstić information content (AvgIpc) is 4.08. The Balaban J connectivity index is 0.000000191. The van der Waals surface area contributed by atoms with Crippen molar-refractivity contribution in [2.45, 2.75) is 106 Å². The van der Waals surface area contributed by atoms with Crippen molar-refractivity contribution in [3.8, 4) is 0 Å². The van der Waals surface area contributed by atoms with E-state index in [-0.39, 0.29) is 52.2 Å². The number of hydrogen-bond donors (Lipinski definition) is 0. The summed E-state index contributed by atoms with van der Waals surface area (Å²) in [6, 6.07) is 9.14. The van der Waals surface area contributed by atoms with Crippen molar-refractivity contribution < 1.29 is 40.8 Å². The quantitative estimate of drug-likeness (QED) is 0.167. The van der Waals surface area contributed by atoms with E-state index in [4.69, 9.17) is 9.59 Å². The third-order valence-corrected chi connectivity index (χ3v) is 15.8. The predicted octanol–water partition coefficient (Wildman–Crippen LogP) is 3.39. The van der Waals surface area contributed by atoms with E-state index in [1.165, 1.54) is 78.0 Å². The van der Waals surface area contributed by atoms with Gasteiger partial charge in [0.25, 0.3) is 5.91 Å². The molecule has 0 saturated carbocycles. The number of amides is 1. The summed E-state index contributed by atoms with van der Waals surface area (Å²) in [5.74, 6) is -2.03. The van der Waals surface area contributed by atoms with Crippen LogP contribution in [-0.4, -0.2) is 93.3 Å². The lowest BCUT2D eigenvalue weighted by Gasteiger charge is -2.16. The minimum absolute atomic E-state index is 0.0214. The lowest BCUT2D eigenvalue weighted by molar-refractivity contribution is -0.191. The molecule has 0 bridgehead atoms. The largest absolute Gasteiger partial charge is 0.373 e. The second-order valence-electron chi connectivity index (χ2n) is 17.1. The van der Waals surface area contributed by atoms with Crippen LogP contribution >= 0.6 is 0 Å². The number of nitrogens with zero attached hydrogens (tertiary/aromatic N) is 7. The van der Waals surface area contributed by atoms with Crippen LogP contribution in [0.2, 0.25) is 0 Å². The number of fused-ring (bicyclic) bond motifs is 4. The van der Waals surface area contributed by atoms with E-state index < -0.39 is 31.2 Å². The van der Waals surface area contributed by atoms with Crippen LogP contribution in [0.15, 0.2) is 52.8 Å². The van der Waals surface area contributed by atoms with E-state index in [0.29, 0.717) is 6.54 Å². The van der Waals surface area contributed by atoms with E-state index in [1.807, 2.05) is 6.07 Å². The van der Waals surface area contributed by atoms with Gasteiger partial charge in [0.05, 0.1) is 12.2 Å². The molecule has 1 amide bonds. The van der Waals surface area contributed by atoms with E-state index in [0.717, 1.165) is 93.9 Å². The van der Waals surface area contributed by atoms with E-state index >= 15 is 0 Å². The standard InChI is InChI=1S/C26H31N5O4S.C19H22N2O3S.CO2/c1-29(15-19-10-11-27-30(19)2)26(33)24-14-25(28-31(24)3)36(34,35)16-20(32)13-23-21-8-4-6-17(21)12-18-7-5-9-22(18)23;1-21-9-8-19(20-21)25(23,24)12-15(22)11-18-16-6-2-4-13(16)10-14-5-3-7-17(14)18;2-1-3/h10-12,14H,4-9,13,15-16H2,1-3H3;8-10H,2-7,11-12H2,1H3;. The average molecular weight is 912 g/mol. The van der Waals surface area contributed by atoms with Gasteiger partial charge < -0.3 is 4.90 Å². The zero-order valence-electron chi connectivity index (χ0n) is 36.7. The summed E-state index contributed by atoms with van der Waals surface area (Å²) in [5.41, 5.74) is 13.7. The number of carbonyl (C=O) groups is 3. The highest BCUT2D eigenvalue weighted by Crippen LogP contribution is 2.37. The fourth-order valence-corrected chi connectivity index (χ4v) is 12.2. The zero-order valence-corrected chi connectivity index (χ0v) is 38.3. The summed E-state index contributed by atoms with van der Waals surface area (Å²) in [5, 5.41) is 11.9. The number of benzene rings is 2. The van der Waals surface area contributed by atoms with Crippen LogP contribution in [0.4, 0.5) is 0 Å². The number of rotatable bonds is 13. The second kappa shape index (κ2) is 19.1. The first-order valence-electron chi connectivity index (χ1n) is 21.5. The van der Waals surface area contributed by atoms with Gasteiger partial charge in [-0.15, -0.1) is 0 Å². The maximum Gasteiger partial charge on any atom is 0.373 e. The molecule has 9 rings (SSSR count). The Morgan fingerprint density at radius 2 is 1.09 bits per heavy atom. The molecule has 0 atom stereocenters. The first-order chi connectivity index (χ1) is 30.5. The van der Waals surface area contributed by atoms with Crippen LogP contribution in [0.25, 0.3) is 0 Å². The van der Waals surface area contributed by atoms with Gasteiger partial charge in [0.2, 0.25) is 19.7 Å². The number of hydrogen-bond acceptors (Lipinski definition) is 12. The summed E-state index contributed by atoms with van der Waals surface area (Å²) < 4.78 is 55.5. The molecule has 338 valence electrons. The molecule has 0 saturated heterocycles. The predicted molar refractivity (Wildman–Crippen MR) is 233 cm³/mol. The van der Waals surface area contributed by atoms with Crippen molar-refractivity contribution in [2.75, 3.05) is 18.6 Å². The zero-order chi connectivity index (χ0) is 45.9. The Bertz CT molecular complexity index is 2840. The maximum atomic E-state index is 13.1. The molecule has 2 aromatic carbocycles. The SMILES string of the molecule is CN(Cc1ccnn1C)C(=O)c1cc(S(=O)(=O)CC(=O)Cc2c3c(cc4c2CCC4)CCC3)nn1C.Cn1ccc(S(=O)(=O)CC(=O)Cc2c3c(cc4c2CCC4)CCC3)n1.O=C=O. The van der Waals surface area contributed by atoms with Gasteiger partial charge in [-0.1, -0.05) is 12.1 Å². The molecule has 3 heterocycles. The number of sulfone groups is 2. The third kappa shape index (κ3) is 9.93. The molecule has 64 heavy (non-hydrogen) atoms. The maximum absolute atomic E-state index is 13.1. The van der Waals surface area contributed by atoms with Crippen LogP contribution in [0, 0.1) is 0 Å². The number of carbonyl (C=O) groups excluding carboxylic acids is 5. The summed E-state index contributed by atoms with van der Waals surface area (Å²) in [4.78, 5) is 56.4. The van der Waals surface area contributed by atoms with E-state index in [1.54, 1.807) is 38.2 Å². The van der Waals surface area contributed by atoms with Crippen molar-refractivity contribution in [2.24, 2.45) is 21.1 Å². The van der Waals surface area contributed by atoms with Crippen molar-refractivity contribution in [3.05, 3.63) is 110 Å². The van der Waals surface area contributed by atoms with Gasteiger partial charge in [-0.05, 0) is 145 Å². The first-order valence-corrected chi connectivity index (χ1v) is 24.8. The monoisotopic (exact) mass is 911 g/mol. The molecule has 5 aromatic rings. The highest BCUT2D eigenvalue weighted by molar-refractivity contribution is 7.92. The van der Waals surface area contributed by atoms with Crippen LogP contribution in [0.3, 0.4) is 0 Å². The Morgan fingerprint density at radius 1 is 0.641 bits per heavy atom. The van der Waals surface area contributed by atoms with Crippen molar-refractivity contribution in [1.82, 2.24) is 34.2 Å². The second-order valence-corrected chi connectivity index (χ2v) is 21.0. The molecule has 4 aliphatic rings. The highest BCUT2D eigenvalue weighted by atomic mass is 32.2. The van der Waals surface area contributed by atoms with Crippen LogP contribution < -0.4 is 0 Å². The molecule has 0 N–H and O–H groups in total. The number of aryl methyl sites for hydroxylation is 7. The van der Waals surface area contributed by atoms with E-state index in [9.17, 15) is 31.2 Å². The first kappa shape index (κ1) is 46.2. The van der Waals surface area contributed by atoms with Gasteiger partial charge in [-0.2, -0.15) is 24.9 Å². The fraction of sp³-hybridized carbons (Fsp3) is 0.457. The molecule has 4 aliphatic carbocycles. The lowest BCUT2D eigenvalue weighted by atomic mass is 9.91. The van der Waals surface area contributed by atoms with Gasteiger partial charge in [-0.25, -0.2) is 16.8 Å². The molecule has 0 radical (unpaired) electrons. The van der Waals surface area contributed by atoms with Gasteiger partial charge in [0.1, 0.15) is 17.2 Å².